The Morgan fingerprint density at radius 2 is 1.81 bits per heavy atom. The van der Waals surface area contributed by atoms with E-state index in [4.69, 9.17) is 4.74 Å². The molecule has 0 spiro atoms. The zero-order valence-corrected chi connectivity index (χ0v) is 18.1. The number of nitrogens with one attached hydrogen (secondary N) is 1. The molecule has 31 heavy (non-hydrogen) atoms. The summed E-state index contributed by atoms with van der Waals surface area (Å²) in [4.78, 5) is 38.2. The number of halogens is 1. The van der Waals surface area contributed by atoms with Gasteiger partial charge >= 0.3 is 11.9 Å². The lowest BCUT2D eigenvalue weighted by Crippen LogP contribution is -2.34. The third-order valence-electron chi connectivity index (χ3n) is 5.18. The molecule has 0 radical (unpaired) electrons. The number of ether oxygens (including phenoxy) is 1. The summed E-state index contributed by atoms with van der Waals surface area (Å²) in [5.41, 5.74) is 1.40. The average Bonchev–Trinajstić information content (AvgIpc) is 3.08. The van der Waals surface area contributed by atoms with Gasteiger partial charge in [-0.3, -0.25) is 9.59 Å². The molecule has 1 aliphatic carbocycles. The Kier molecular flexibility index (Phi) is 7.22. The van der Waals surface area contributed by atoms with E-state index in [-0.39, 0.29) is 18.6 Å². The van der Waals surface area contributed by atoms with Gasteiger partial charge in [-0.25, -0.2) is 9.18 Å². The van der Waals surface area contributed by atoms with Crippen molar-refractivity contribution in [1.29, 1.82) is 0 Å². The van der Waals surface area contributed by atoms with Crippen molar-refractivity contribution in [2.24, 2.45) is 11.8 Å². The Hall–Kier alpha value is -3.00. The van der Waals surface area contributed by atoms with Crippen LogP contribution in [0.5, 0.6) is 0 Å². The van der Waals surface area contributed by atoms with E-state index in [1.165, 1.54) is 23.5 Å². The topological polar surface area (TPSA) is 92.7 Å². The van der Waals surface area contributed by atoms with Gasteiger partial charge in [-0.1, -0.05) is 31.2 Å². The number of anilines is 1. The van der Waals surface area contributed by atoms with E-state index in [0.717, 1.165) is 4.88 Å². The summed E-state index contributed by atoms with van der Waals surface area (Å²) in [7, 11) is 0. The predicted octanol–water partition coefficient (Wildman–Crippen LogP) is 5.03. The number of thiophene rings is 1. The van der Waals surface area contributed by atoms with Crippen LogP contribution < -0.4 is 5.32 Å². The van der Waals surface area contributed by atoms with Crippen molar-refractivity contribution < 1.29 is 28.6 Å². The van der Waals surface area contributed by atoms with Gasteiger partial charge in [0.15, 0.2) is 0 Å². The summed E-state index contributed by atoms with van der Waals surface area (Å²) >= 11 is 1.21. The van der Waals surface area contributed by atoms with Crippen molar-refractivity contribution in [2.75, 3.05) is 11.9 Å². The van der Waals surface area contributed by atoms with Crippen molar-refractivity contribution in [3.05, 3.63) is 52.7 Å². The second-order valence-corrected chi connectivity index (χ2v) is 8.59. The molecule has 1 aliphatic rings. The van der Waals surface area contributed by atoms with Crippen LogP contribution in [0.3, 0.4) is 0 Å². The molecule has 0 saturated heterocycles. The van der Waals surface area contributed by atoms with Gasteiger partial charge in [-0.2, -0.15) is 0 Å². The molecule has 2 atom stereocenters. The monoisotopic (exact) mass is 445 g/mol. The van der Waals surface area contributed by atoms with E-state index in [2.05, 4.69) is 5.32 Å². The zero-order chi connectivity index (χ0) is 22.5. The molecular formula is C23H24FNO5S. The van der Waals surface area contributed by atoms with Gasteiger partial charge in [-0.05, 0) is 43.9 Å². The van der Waals surface area contributed by atoms with Crippen LogP contribution in [0.15, 0.2) is 36.4 Å². The third kappa shape index (κ3) is 5.02. The number of hydrogen-bond acceptors (Lipinski definition) is 5. The molecule has 2 aromatic rings. The summed E-state index contributed by atoms with van der Waals surface area (Å²) in [6.07, 6.45) is 4.79. The highest BCUT2D eigenvalue weighted by Crippen LogP contribution is 2.41. The number of carboxylic acids is 1. The van der Waals surface area contributed by atoms with Gasteiger partial charge in [-0.15, -0.1) is 11.3 Å². The molecule has 0 fully saturated rings. The minimum absolute atomic E-state index is 0.203. The number of allylic oxidation sites excluding steroid dienone is 2. The first-order valence-corrected chi connectivity index (χ1v) is 10.9. The van der Waals surface area contributed by atoms with Gasteiger partial charge in [0.05, 0.1) is 18.4 Å². The molecule has 8 heteroatoms. The highest BCUT2D eigenvalue weighted by molar-refractivity contribution is 7.17. The van der Waals surface area contributed by atoms with Gasteiger partial charge in [0, 0.05) is 10.4 Å². The van der Waals surface area contributed by atoms with E-state index >= 15 is 0 Å². The number of aliphatic carboxylic acids is 1. The molecule has 1 aromatic carbocycles. The summed E-state index contributed by atoms with van der Waals surface area (Å²) in [6, 6.07) is 5.74. The fourth-order valence-corrected chi connectivity index (χ4v) is 4.71. The lowest BCUT2D eigenvalue weighted by atomic mass is 9.82. The molecule has 1 aromatic heterocycles. The minimum atomic E-state index is -1.03. The molecule has 164 valence electrons. The number of carbonyl (C=O) groups excluding carboxylic acids is 2. The van der Waals surface area contributed by atoms with Crippen molar-refractivity contribution in [3.8, 4) is 11.1 Å². The van der Waals surface area contributed by atoms with Crippen molar-refractivity contribution in [2.45, 2.75) is 33.1 Å². The van der Waals surface area contributed by atoms with Gasteiger partial charge in [0.1, 0.15) is 16.4 Å². The fraction of sp³-hybridized carbons (Fsp3) is 0.348. The Bertz CT molecular complexity index is 1010. The highest BCUT2D eigenvalue weighted by atomic mass is 32.1. The van der Waals surface area contributed by atoms with Gasteiger partial charge < -0.3 is 15.2 Å². The largest absolute Gasteiger partial charge is 0.481 e. The van der Waals surface area contributed by atoms with E-state index in [0.29, 0.717) is 29.0 Å². The summed E-state index contributed by atoms with van der Waals surface area (Å²) in [5, 5.41) is 12.5. The number of rotatable bonds is 7. The number of amides is 1. The van der Waals surface area contributed by atoms with Crippen LogP contribution in [-0.2, 0) is 14.3 Å². The zero-order valence-electron chi connectivity index (χ0n) is 17.3. The molecule has 1 amide bonds. The number of carboxylic acid groups (broad SMARTS) is 1. The molecular weight excluding hydrogens is 421 g/mol. The number of aryl methyl sites for hydroxylation is 1. The van der Waals surface area contributed by atoms with E-state index in [9.17, 15) is 23.9 Å². The normalized spacial score (nSPS) is 17.9. The molecule has 6 nitrogen and oxygen atoms in total. The Morgan fingerprint density at radius 3 is 2.42 bits per heavy atom. The Balaban J connectivity index is 1.99. The van der Waals surface area contributed by atoms with E-state index in [1.807, 2.05) is 6.92 Å². The molecule has 0 saturated carbocycles. The first kappa shape index (κ1) is 22.7. The summed E-state index contributed by atoms with van der Waals surface area (Å²) in [6.45, 7) is 3.90. The predicted molar refractivity (Wildman–Crippen MR) is 117 cm³/mol. The van der Waals surface area contributed by atoms with Crippen LogP contribution in [0.2, 0.25) is 0 Å². The molecule has 2 unspecified atom stereocenters. The van der Waals surface area contributed by atoms with Crippen LogP contribution in [0, 0.1) is 24.6 Å². The van der Waals surface area contributed by atoms with Crippen LogP contribution in [-0.4, -0.2) is 29.6 Å². The van der Waals surface area contributed by atoms with Gasteiger partial charge in [0.2, 0.25) is 5.91 Å². The van der Waals surface area contributed by atoms with Crippen LogP contribution in [0.4, 0.5) is 9.39 Å². The first-order valence-electron chi connectivity index (χ1n) is 10.1. The van der Waals surface area contributed by atoms with E-state index < -0.39 is 35.5 Å². The standard InChI is InChI=1S/C23H24FNO5S/c1-3-12-30-23(29)19-18(14-8-10-15(24)11-9-14)13(2)31-21(19)25-20(26)16-6-4-5-7-17(16)22(27)28/h4-5,8-11,16-17H,3,6-7,12H2,1-2H3,(H,25,26)(H,27,28). The number of benzene rings is 1. The quantitative estimate of drug-likeness (QED) is 0.460. The number of hydrogen-bond donors (Lipinski definition) is 2. The second-order valence-electron chi connectivity index (χ2n) is 7.36. The second kappa shape index (κ2) is 9.87. The van der Waals surface area contributed by atoms with Crippen molar-refractivity contribution in [1.82, 2.24) is 0 Å². The number of esters is 1. The smallest absolute Gasteiger partial charge is 0.341 e. The molecule has 2 N–H and O–H groups in total. The maximum atomic E-state index is 13.4. The molecule has 1 heterocycles. The van der Waals surface area contributed by atoms with Crippen molar-refractivity contribution >= 4 is 34.2 Å². The maximum absolute atomic E-state index is 13.4. The maximum Gasteiger partial charge on any atom is 0.341 e. The molecule has 3 rings (SSSR count). The van der Waals surface area contributed by atoms with Gasteiger partial charge in [0.25, 0.3) is 0 Å². The Morgan fingerprint density at radius 1 is 1.16 bits per heavy atom. The highest BCUT2D eigenvalue weighted by Gasteiger charge is 2.35. The summed E-state index contributed by atoms with van der Waals surface area (Å²) < 4.78 is 18.8. The van der Waals surface area contributed by atoms with E-state index in [1.54, 1.807) is 31.2 Å². The fourth-order valence-electron chi connectivity index (χ4n) is 3.64. The van der Waals surface area contributed by atoms with Crippen molar-refractivity contribution in [3.63, 3.8) is 0 Å². The van der Waals surface area contributed by atoms with Crippen LogP contribution in [0.25, 0.3) is 11.1 Å². The number of carbonyl (C=O) groups is 3. The minimum Gasteiger partial charge on any atom is -0.481 e. The average molecular weight is 446 g/mol. The SMILES string of the molecule is CCCOC(=O)c1c(NC(=O)C2CC=CCC2C(=O)O)sc(C)c1-c1ccc(F)cc1. The Labute approximate surface area is 183 Å². The molecule has 0 bridgehead atoms. The van der Waals surface area contributed by atoms with Crippen LogP contribution in [0.1, 0.15) is 41.4 Å². The first-order chi connectivity index (χ1) is 14.8. The lowest BCUT2D eigenvalue weighted by molar-refractivity contribution is -0.146. The van der Waals surface area contributed by atoms with Crippen LogP contribution >= 0.6 is 11.3 Å². The molecule has 0 aliphatic heterocycles. The summed E-state index contributed by atoms with van der Waals surface area (Å²) in [5.74, 6) is -4.02. The lowest BCUT2D eigenvalue weighted by Gasteiger charge is -2.24. The third-order valence-corrected chi connectivity index (χ3v) is 6.20.